The molecular formula is C21H23Cl2NO5. The van der Waals surface area contributed by atoms with Crippen molar-refractivity contribution in [1.29, 1.82) is 0 Å². The molecule has 0 heterocycles. The fourth-order valence-corrected chi connectivity index (χ4v) is 3.01. The normalized spacial score (nSPS) is 11.3. The lowest BCUT2D eigenvalue weighted by molar-refractivity contribution is -0.132. The Morgan fingerprint density at radius 1 is 1.07 bits per heavy atom. The molecule has 0 aliphatic carbocycles. The second-order valence-electron chi connectivity index (χ2n) is 6.48. The van der Waals surface area contributed by atoms with Gasteiger partial charge in [-0.25, -0.2) is 4.79 Å². The topological polar surface area (TPSA) is 66.4 Å². The van der Waals surface area contributed by atoms with Crippen LogP contribution in [0.4, 0.5) is 0 Å². The molecule has 0 aliphatic heterocycles. The number of halogens is 2. The summed E-state index contributed by atoms with van der Waals surface area (Å²) >= 11 is 12.6. The number of hydrogen-bond acceptors (Lipinski definition) is 6. The largest absolute Gasteiger partial charge is 0.490 e. The predicted molar refractivity (Wildman–Crippen MR) is 113 cm³/mol. The van der Waals surface area contributed by atoms with Crippen molar-refractivity contribution in [1.82, 2.24) is 0 Å². The fraction of sp³-hybridized carbons (Fsp3) is 0.333. The summed E-state index contributed by atoms with van der Waals surface area (Å²) in [6, 6.07) is 10.4. The van der Waals surface area contributed by atoms with Gasteiger partial charge in [-0.05, 0) is 11.5 Å². The Hall–Kier alpha value is -2.44. The van der Waals surface area contributed by atoms with Crippen LogP contribution in [-0.4, -0.2) is 32.5 Å². The Kier molecular flexibility index (Phi) is 8.61. The van der Waals surface area contributed by atoms with E-state index in [9.17, 15) is 4.79 Å². The number of hydrogen-bond donors (Lipinski definition) is 0. The third-order valence-corrected chi connectivity index (χ3v) is 4.32. The molecule has 2 rings (SSSR count). The molecule has 0 saturated heterocycles. The maximum atomic E-state index is 12.0. The Morgan fingerprint density at radius 3 is 2.31 bits per heavy atom. The Bertz CT molecular complexity index is 860. The van der Waals surface area contributed by atoms with Crippen LogP contribution in [0.25, 0.3) is 0 Å². The molecule has 0 radical (unpaired) electrons. The first kappa shape index (κ1) is 22.8. The van der Waals surface area contributed by atoms with Gasteiger partial charge in [-0.3, -0.25) is 0 Å². The molecule has 2 aromatic rings. The second kappa shape index (κ2) is 10.9. The average molecular weight is 440 g/mol. The molecule has 8 heteroatoms. The van der Waals surface area contributed by atoms with E-state index in [4.69, 9.17) is 42.3 Å². The minimum atomic E-state index is -0.614. The highest BCUT2D eigenvalue weighted by molar-refractivity contribution is 6.43. The van der Waals surface area contributed by atoms with Crippen molar-refractivity contribution in [2.45, 2.75) is 20.5 Å². The van der Waals surface area contributed by atoms with E-state index in [1.807, 2.05) is 26.0 Å². The summed E-state index contributed by atoms with van der Waals surface area (Å²) in [5, 5.41) is 4.50. The van der Waals surface area contributed by atoms with E-state index >= 15 is 0 Å². The van der Waals surface area contributed by atoms with Gasteiger partial charge in [0.1, 0.15) is 19.5 Å². The lowest BCUT2D eigenvalue weighted by atomic mass is 10.0. The quantitative estimate of drug-likeness (QED) is 0.307. The molecular weight excluding hydrogens is 417 g/mol. The fourth-order valence-electron chi connectivity index (χ4n) is 2.43. The molecule has 0 saturated carbocycles. The van der Waals surface area contributed by atoms with E-state index < -0.39 is 5.97 Å². The van der Waals surface area contributed by atoms with Gasteiger partial charge in [-0.15, -0.1) is 0 Å². The van der Waals surface area contributed by atoms with E-state index in [1.54, 1.807) is 24.3 Å². The molecule has 156 valence electrons. The Morgan fingerprint density at radius 2 is 1.72 bits per heavy atom. The minimum absolute atomic E-state index is 0.0442. The van der Waals surface area contributed by atoms with E-state index in [2.05, 4.69) is 5.16 Å². The lowest BCUT2D eigenvalue weighted by Gasteiger charge is -2.15. The van der Waals surface area contributed by atoms with Gasteiger partial charge in [0.2, 0.25) is 0 Å². The van der Waals surface area contributed by atoms with Gasteiger partial charge in [0.05, 0.1) is 23.8 Å². The number of carbonyl (C=O) groups excluding carboxylic acids is 1. The molecule has 0 aromatic heterocycles. The smallest absolute Gasteiger partial charge is 0.360 e. The number of oxime groups is 1. The van der Waals surface area contributed by atoms with Crippen LogP contribution in [0.2, 0.25) is 10.0 Å². The van der Waals surface area contributed by atoms with E-state index in [1.165, 1.54) is 14.2 Å². The van der Waals surface area contributed by atoms with Crippen LogP contribution in [-0.2, 0) is 21.0 Å². The molecule has 0 unspecified atom stereocenters. The zero-order valence-corrected chi connectivity index (χ0v) is 18.2. The summed E-state index contributed by atoms with van der Waals surface area (Å²) in [6.07, 6.45) is 0. The van der Waals surface area contributed by atoms with Crippen LogP contribution in [0.3, 0.4) is 0 Å². The number of ether oxygens (including phenoxy) is 3. The lowest BCUT2D eigenvalue weighted by Crippen LogP contribution is -2.19. The van der Waals surface area contributed by atoms with Crippen molar-refractivity contribution in [3.8, 4) is 11.5 Å². The van der Waals surface area contributed by atoms with Gasteiger partial charge >= 0.3 is 5.97 Å². The third kappa shape index (κ3) is 6.27. The van der Waals surface area contributed by atoms with Crippen molar-refractivity contribution in [2.75, 3.05) is 20.8 Å². The predicted octanol–water partition coefficient (Wildman–Crippen LogP) is 5.13. The van der Waals surface area contributed by atoms with Crippen LogP contribution in [0.5, 0.6) is 11.5 Å². The van der Waals surface area contributed by atoms with E-state index in [0.717, 1.165) is 0 Å². The molecule has 0 amide bonds. The molecule has 0 aliphatic rings. The number of benzene rings is 2. The molecule has 0 N–H and O–H groups in total. The van der Waals surface area contributed by atoms with Gasteiger partial charge < -0.3 is 19.0 Å². The minimum Gasteiger partial charge on any atom is -0.490 e. The van der Waals surface area contributed by atoms with Gasteiger partial charge in [-0.1, -0.05) is 66.5 Å². The van der Waals surface area contributed by atoms with Crippen molar-refractivity contribution >= 4 is 34.9 Å². The number of carbonyl (C=O) groups is 1. The van der Waals surface area contributed by atoms with Crippen LogP contribution < -0.4 is 9.47 Å². The highest BCUT2D eigenvalue weighted by Gasteiger charge is 2.19. The SMILES string of the molecule is CO/N=C(/C(=O)OC)c1ccccc1COc1cc(Cl)c(OCC(C)C)c(Cl)c1. The summed E-state index contributed by atoms with van der Waals surface area (Å²) in [6.45, 7) is 4.72. The first-order valence-electron chi connectivity index (χ1n) is 8.89. The second-order valence-corrected chi connectivity index (χ2v) is 7.30. The zero-order valence-electron chi connectivity index (χ0n) is 16.7. The van der Waals surface area contributed by atoms with Crippen molar-refractivity contribution in [3.05, 3.63) is 57.6 Å². The molecule has 0 spiro atoms. The molecule has 0 bridgehead atoms. The molecule has 6 nitrogen and oxygen atoms in total. The maximum absolute atomic E-state index is 12.0. The molecule has 2 aromatic carbocycles. The van der Waals surface area contributed by atoms with Crippen molar-refractivity contribution in [3.63, 3.8) is 0 Å². The van der Waals surface area contributed by atoms with Crippen LogP contribution in [0.15, 0.2) is 41.6 Å². The van der Waals surface area contributed by atoms with Crippen LogP contribution in [0.1, 0.15) is 25.0 Å². The van der Waals surface area contributed by atoms with Crippen molar-refractivity contribution < 1.29 is 23.8 Å². The molecule has 0 fully saturated rings. The van der Waals surface area contributed by atoms with E-state index in [0.29, 0.717) is 45.2 Å². The monoisotopic (exact) mass is 439 g/mol. The summed E-state index contributed by atoms with van der Waals surface area (Å²) < 4.78 is 16.3. The highest BCUT2D eigenvalue weighted by atomic mass is 35.5. The number of esters is 1. The van der Waals surface area contributed by atoms with Crippen molar-refractivity contribution in [2.24, 2.45) is 11.1 Å². The Balaban J connectivity index is 2.23. The maximum Gasteiger partial charge on any atom is 0.360 e. The number of nitrogens with zero attached hydrogens (tertiary/aromatic N) is 1. The Labute approximate surface area is 180 Å². The van der Waals surface area contributed by atoms with E-state index in [-0.39, 0.29) is 12.3 Å². The standard InChI is InChI=1S/C21H23Cl2NO5/c1-13(2)11-29-20-17(22)9-15(10-18(20)23)28-12-14-7-5-6-8-16(14)19(24-27-4)21(25)26-3/h5-10,13H,11-12H2,1-4H3/b24-19+. The van der Waals surface area contributed by atoms with Gasteiger partial charge in [-0.2, -0.15) is 0 Å². The van der Waals surface area contributed by atoms with Crippen LogP contribution in [0, 0.1) is 5.92 Å². The zero-order chi connectivity index (χ0) is 21.4. The molecule has 29 heavy (non-hydrogen) atoms. The number of rotatable bonds is 9. The first-order valence-corrected chi connectivity index (χ1v) is 9.65. The van der Waals surface area contributed by atoms with Crippen LogP contribution >= 0.6 is 23.2 Å². The summed E-state index contributed by atoms with van der Waals surface area (Å²) in [7, 11) is 2.63. The summed E-state index contributed by atoms with van der Waals surface area (Å²) in [5.74, 6) is 0.620. The van der Waals surface area contributed by atoms with Gasteiger partial charge in [0, 0.05) is 17.7 Å². The summed E-state index contributed by atoms with van der Waals surface area (Å²) in [5.41, 5.74) is 1.29. The average Bonchev–Trinajstić information content (AvgIpc) is 2.69. The summed E-state index contributed by atoms with van der Waals surface area (Å²) in [4.78, 5) is 16.8. The third-order valence-electron chi connectivity index (χ3n) is 3.76. The number of methoxy groups -OCH3 is 1. The highest BCUT2D eigenvalue weighted by Crippen LogP contribution is 2.37. The van der Waals surface area contributed by atoms with Gasteiger partial charge in [0.25, 0.3) is 0 Å². The first-order chi connectivity index (χ1) is 13.9. The molecule has 0 atom stereocenters. The van der Waals surface area contributed by atoms with Gasteiger partial charge in [0.15, 0.2) is 11.5 Å².